The van der Waals surface area contributed by atoms with Gasteiger partial charge in [0.15, 0.2) is 0 Å². The van der Waals surface area contributed by atoms with Gasteiger partial charge in [-0.15, -0.1) is 0 Å². The van der Waals surface area contributed by atoms with Gasteiger partial charge in [-0.2, -0.15) is 0 Å². The monoisotopic (exact) mass is 552 g/mol. The summed E-state index contributed by atoms with van der Waals surface area (Å²) in [5.41, 5.74) is 4.36. The minimum atomic E-state index is -0.727. The lowest BCUT2D eigenvalue weighted by molar-refractivity contribution is -0.139. The van der Waals surface area contributed by atoms with E-state index >= 15 is 0 Å². The molecule has 7 nitrogen and oxygen atoms in total. The highest BCUT2D eigenvalue weighted by molar-refractivity contribution is 6.46. The number of Topliss-reactive ketones (excluding diaryl/α,β-unsaturated/α-hetero) is 1. The van der Waals surface area contributed by atoms with Crippen molar-refractivity contribution in [3.63, 3.8) is 0 Å². The second-order valence-corrected chi connectivity index (χ2v) is 11.3. The van der Waals surface area contributed by atoms with Gasteiger partial charge in [0.05, 0.1) is 25.3 Å². The number of H-pyrrole nitrogens is 1. The highest BCUT2D eigenvalue weighted by Gasteiger charge is 2.46. The number of aromatic nitrogens is 1. The van der Waals surface area contributed by atoms with Crippen LogP contribution in [-0.2, 0) is 21.4 Å². The number of amides is 1. The van der Waals surface area contributed by atoms with E-state index in [0.717, 1.165) is 33.3 Å². The number of hydrogen-bond acceptors (Lipinski definition) is 5. The number of nitrogens with one attached hydrogen (secondary N) is 1. The molecule has 0 spiro atoms. The van der Waals surface area contributed by atoms with E-state index in [-0.39, 0.29) is 16.7 Å². The van der Waals surface area contributed by atoms with Crippen molar-refractivity contribution in [1.29, 1.82) is 0 Å². The highest BCUT2D eigenvalue weighted by Crippen LogP contribution is 2.40. The van der Waals surface area contributed by atoms with Gasteiger partial charge in [-0.05, 0) is 77.9 Å². The summed E-state index contributed by atoms with van der Waals surface area (Å²) in [6.45, 7) is 9.11. The van der Waals surface area contributed by atoms with Crippen molar-refractivity contribution in [2.45, 2.75) is 45.6 Å². The summed E-state index contributed by atoms with van der Waals surface area (Å²) in [5.74, 6) is -0.111. The zero-order chi connectivity index (χ0) is 29.3. The summed E-state index contributed by atoms with van der Waals surface area (Å²) in [6.07, 6.45) is 2.44. The molecule has 0 radical (unpaired) electrons. The van der Waals surface area contributed by atoms with Crippen LogP contribution in [0.3, 0.4) is 0 Å². The summed E-state index contributed by atoms with van der Waals surface area (Å²) in [6, 6.07) is 19.9. The first-order valence-electron chi connectivity index (χ1n) is 13.9. The Morgan fingerprint density at radius 1 is 0.976 bits per heavy atom. The van der Waals surface area contributed by atoms with Crippen LogP contribution in [0.15, 0.2) is 78.5 Å². The first-order valence-corrected chi connectivity index (χ1v) is 13.9. The smallest absolute Gasteiger partial charge is 0.295 e. The van der Waals surface area contributed by atoms with E-state index in [2.05, 4.69) is 25.8 Å². The fourth-order valence-electron chi connectivity index (χ4n) is 5.39. The number of fused-ring (bicyclic) bond motifs is 1. The molecule has 7 heteroatoms. The molecule has 2 N–H and O–H groups in total. The van der Waals surface area contributed by atoms with Gasteiger partial charge in [0.1, 0.15) is 17.3 Å². The summed E-state index contributed by atoms with van der Waals surface area (Å²) in [5, 5.41) is 12.4. The Morgan fingerprint density at radius 3 is 2.29 bits per heavy atom. The van der Waals surface area contributed by atoms with Crippen LogP contribution >= 0.6 is 0 Å². The maximum atomic E-state index is 13.5. The number of rotatable bonds is 8. The Bertz CT molecular complexity index is 1610. The Morgan fingerprint density at radius 2 is 1.66 bits per heavy atom. The lowest BCUT2D eigenvalue weighted by Crippen LogP contribution is -2.31. The van der Waals surface area contributed by atoms with E-state index in [1.165, 1.54) is 0 Å². The maximum Gasteiger partial charge on any atom is 0.295 e. The van der Waals surface area contributed by atoms with Crippen molar-refractivity contribution in [3.05, 3.63) is 101 Å². The van der Waals surface area contributed by atoms with Gasteiger partial charge >= 0.3 is 0 Å². The van der Waals surface area contributed by atoms with Crippen LogP contribution in [0.4, 0.5) is 0 Å². The number of aromatic amines is 1. The second kappa shape index (κ2) is 11.2. The summed E-state index contributed by atoms with van der Waals surface area (Å²) < 4.78 is 10.9. The molecule has 1 aromatic heterocycles. The average Bonchev–Trinajstić information content (AvgIpc) is 3.48. The highest BCUT2D eigenvalue weighted by atomic mass is 16.5. The summed E-state index contributed by atoms with van der Waals surface area (Å²) >= 11 is 0. The summed E-state index contributed by atoms with van der Waals surface area (Å²) in [7, 11) is 1.63. The molecule has 0 saturated carbocycles. The Hall–Kier alpha value is -4.52. The van der Waals surface area contributed by atoms with E-state index < -0.39 is 17.7 Å². The van der Waals surface area contributed by atoms with Crippen LogP contribution in [0.5, 0.6) is 11.5 Å². The van der Waals surface area contributed by atoms with Crippen LogP contribution in [0.2, 0.25) is 0 Å². The fraction of sp³-hybridized carbons (Fsp3) is 0.294. The SMILES string of the molecule is CCOc1ccc(/C(O)=C2/C(=O)C(=O)N(CCc3c[nH]c4ccc(OC)cc34)C2c2ccc(C(C)(C)C)cc2)cc1. The molecule has 41 heavy (non-hydrogen) atoms. The minimum absolute atomic E-state index is 0.0565. The number of methoxy groups -OCH3 is 1. The first kappa shape index (κ1) is 28.0. The van der Waals surface area contributed by atoms with Crippen molar-refractivity contribution >= 4 is 28.4 Å². The van der Waals surface area contributed by atoms with Gasteiger partial charge < -0.3 is 24.5 Å². The third-order valence-corrected chi connectivity index (χ3v) is 7.67. The number of carbonyl (C=O) groups is 2. The normalized spacial score (nSPS) is 16.9. The fourth-order valence-corrected chi connectivity index (χ4v) is 5.39. The molecule has 1 aliphatic rings. The average molecular weight is 553 g/mol. The molecule has 2 heterocycles. The molecule has 212 valence electrons. The molecule has 1 unspecified atom stereocenters. The van der Waals surface area contributed by atoms with Crippen LogP contribution in [0, 0.1) is 0 Å². The molecule has 1 aliphatic heterocycles. The third-order valence-electron chi connectivity index (χ3n) is 7.67. The number of aliphatic hydroxyl groups excluding tert-OH is 1. The number of aliphatic hydroxyl groups is 1. The van der Waals surface area contributed by atoms with Crippen LogP contribution in [0.25, 0.3) is 16.7 Å². The van der Waals surface area contributed by atoms with Crippen molar-refractivity contribution < 1.29 is 24.2 Å². The van der Waals surface area contributed by atoms with Crippen molar-refractivity contribution in [2.24, 2.45) is 0 Å². The zero-order valence-corrected chi connectivity index (χ0v) is 24.2. The quantitative estimate of drug-likeness (QED) is 0.147. The number of likely N-dealkylation sites (tertiary alicyclic amines) is 1. The minimum Gasteiger partial charge on any atom is -0.507 e. The van der Waals surface area contributed by atoms with E-state index in [1.807, 2.05) is 55.6 Å². The van der Waals surface area contributed by atoms with Gasteiger partial charge in [0.2, 0.25) is 0 Å². The maximum absolute atomic E-state index is 13.5. The van der Waals surface area contributed by atoms with E-state index in [1.54, 1.807) is 36.3 Å². The molecule has 1 amide bonds. The van der Waals surface area contributed by atoms with Crippen LogP contribution < -0.4 is 9.47 Å². The van der Waals surface area contributed by atoms with Gasteiger partial charge in [-0.25, -0.2) is 0 Å². The standard InChI is InChI=1S/C34H36N2O5/c1-6-41-25-13-9-22(10-14-25)31(37)29-30(21-7-11-24(12-8-21)34(2,3)4)36(33(39)32(29)38)18-17-23-20-35-28-16-15-26(40-5)19-27(23)28/h7-16,19-20,30,35,37H,6,17-18H2,1-5H3/b31-29-. The van der Waals surface area contributed by atoms with Crippen molar-refractivity contribution in [2.75, 3.05) is 20.3 Å². The molecular formula is C34H36N2O5. The van der Waals surface area contributed by atoms with Gasteiger partial charge in [-0.1, -0.05) is 45.0 Å². The molecule has 1 atom stereocenters. The molecule has 5 rings (SSSR count). The Labute approximate surface area is 240 Å². The summed E-state index contributed by atoms with van der Waals surface area (Å²) in [4.78, 5) is 31.9. The van der Waals surface area contributed by atoms with Gasteiger partial charge in [0.25, 0.3) is 11.7 Å². The molecule has 4 aromatic rings. The van der Waals surface area contributed by atoms with Gasteiger partial charge in [-0.3, -0.25) is 9.59 Å². The van der Waals surface area contributed by atoms with Crippen molar-refractivity contribution in [3.8, 4) is 11.5 Å². The molecule has 1 saturated heterocycles. The number of nitrogens with zero attached hydrogens (tertiary/aromatic N) is 1. The topological polar surface area (TPSA) is 91.9 Å². The van der Waals surface area contributed by atoms with Gasteiger partial charge in [0, 0.05) is 29.2 Å². The lowest BCUT2D eigenvalue weighted by atomic mass is 9.85. The Balaban J connectivity index is 1.55. The molecule has 0 bridgehead atoms. The largest absolute Gasteiger partial charge is 0.507 e. The predicted octanol–water partition coefficient (Wildman–Crippen LogP) is 6.54. The molecule has 3 aromatic carbocycles. The van der Waals surface area contributed by atoms with E-state index in [4.69, 9.17) is 9.47 Å². The molecular weight excluding hydrogens is 516 g/mol. The van der Waals surface area contributed by atoms with Crippen molar-refractivity contribution in [1.82, 2.24) is 9.88 Å². The number of benzene rings is 3. The third kappa shape index (κ3) is 5.44. The predicted molar refractivity (Wildman–Crippen MR) is 160 cm³/mol. The Kier molecular flexibility index (Phi) is 7.63. The number of ketones is 1. The zero-order valence-electron chi connectivity index (χ0n) is 24.2. The number of hydrogen-bond donors (Lipinski definition) is 2. The lowest BCUT2D eigenvalue weighted by Gasteiger charge is -2.26. The van der Waals surface area contributed by atoms with Crippen LogP contribution in [-0.4, -0.2) is 46.9 Å². The second-order valence-electron chi connectivity index (χ2n) is 11.3. The van der Waals surface area contributed by atoms with E-state index in [9.17, 15) is 14.7 Å². The first-order chi connectivity index (χ1) is 19.6. The molecule has 1 fully saturated rings. The number of ether oxygens (including phenoxy) is 2. The molecule has 0 aliphatic carbocycles. The van der Waals surface area contributed by atoms with Crippen LogP contribution in [0.1, 0.15) is 56.0 Å². The van der Waals surface area contributed by atoms with E-state index in [0.29, 0.717) is 30.9 Å². The number of carbonyl (C=O) groups excluding carboxylic acids is 2.